The van der Waals surface area contributed by atoms with Crippen molar-refractivity contribution in [2.24, 2.45) is 5.92 Å². The minimum atomic E-state index is -0.820. The molecular formula is C14H17Br2NO4. The highest BCUT2D eigenvalue weighted by molar-refractivity contribution is 9.11. The number of hydroxylamine groups is 1. The summed E-state index contributed by atoms with van der Waals surface area (Å²) in [5, 5.41) is 28.7. The molecule has 0 spiro atoms. The van der Waals surface area contributed by atoms with E-state index in [1.54, 1.807) is 18.2 Å². The van der Waals surface area contributed by atoms with Crippen molar-refractivity contribution in [3.63, 3.8) is 0 Å². The molecule has 116 valence electrons. The minimum absolute atomic E-state index is 0.0211. The van der Waals surface area contributed by atoms with Crippen LogP contribution in [0.2, 0.25) is 0 Å². The average Bonchev–Trinajstić information content (AvgIpc) is 2.45. The number of amides is 1. The minimum Gasteiger partial charge on any atom is -0.506 e. The molecule has 0 saturated carbocycles. The molecule has 0 fully saturated rings. The molecule has 0 bridgehead atoms. The van der Waals surface area contributed by atoms with Gasteiger partial charge in [0.1, 0.15) is 5.75 Å². The molecule has 0 aliphatic carbocycles. The lowest BCUT2D eigenvalue weighted by Gasteiger charge is -2.20. The number of benzene rings is 1. The predicted molar refractivity (Wildman–Crippen MR) is 85.9 cm³/mol. The van der Waals surface area contributed by atoms with Crippen LogP contribution >= 0.6 is 31.9 Å². The third kappa shape index (κ3) is 5.43. The maximum Gasteiger partial charge on any atom is 0.267 e. The second kappa shape index (κ2) is 8.53. The van der Waals surface area contributed by atoms with Crippen molar-refractivity contribution < 1.29 is 20.2 Å². The van der Waals surface area contributed by atoms with Crippen molar-refractivity contribution in [1.82, 2.24) is 5.48 Å². The van der Waals surface area contributed by atoms with Crippen molar-refractivity contribution in [3.05, 3.63) is 38.8 Å². The number of aromatic hydroxyl groups is 1. The molecule has 0 radical (unpaired) electrons. The van der Waals surface area contributed by atoms with Crippen LogP contribution in [0, 0.1) is 5.92 Å². The molecule has 5 nitrogen and oxygen atoms in total. The van der Waals surface area contributed by atoms with Gasteiger partial charge >= 0.3 is 0 Å². The zero-order valence-corrected chi connectivity index (χ0v) is 14.6. The molecule has 1 rings (SSSR count). The van der Waals surface area contributed by atoms with E-state index in [1.165, 1.54) is 11.6 Å². The lowest BCUT2D eigenvalue weighted by molar-refractivity contribution is -0.124. The number of rotatable bonds is 6. The summed E-state index contributed by atoms with van der Waals surface area (Å²) in [7, 11) is 0. The molecule has 7 heteroatoms. The Kier molecular flexibility index (Phi) is 7.37. The highest BCUT2D eigenvalue weighted by Crippen LogP contribution is 2.38. The molecule has 1 amide bonds. The normalized spacial score (nSPS) is 14.1. The van der Waals surface area contributed by atoms with Gasteiger partial charge < -0.3 is 10.2 Å². The van der Waals surface area contributed by atoms with Crippen molar-refractivity contribution >= 4 is 37.8 Å². The summed E-state index contributed by atoms with van der Waals surface area (Å²) in [6.07, 6.45) is 3.22. The summed E-state index contributed by atoms with van der Waals surface area (Å²) in [4.78, 5) is 10.8. The van der Waals surface area contributed by atoms with E-state index in [9.17, 15) is 15.0 Å². The van der Waals surface area contributed by atoms with Gasteiger partial charge in [-0.05, 0) is 46.8 Å². The van der Waals surface area contributed by atoms with Crippen molar-refractivity contribution in [2.45, 2.75) is 25.9 Å². The van der Waals surface area contributed by atoms with Crippen LogP contribution in [0.1, 0.15) is 31.4 Å². The number of hydrogen-bond acceptors (Lipinski definition) is 4. The van der Waals surface area contributed by atoms with Crippen LogP contribution in [0.5, 0.6) is 5.75 Å². The van der Waals surface area contributed by atoms with Gasteiger partial charge in [-0.15, -0.1) is 0 Å². The summed E-state index contributed by atoms with van der Waals surface area (Å²) < 4.78 is 1.27. The fourth-order valence-electron chi connectivity index (χ4n) is 1.86. The molecule has 1 aromatic carbocycles. The van der Waals surface area contributed by atoms with Crippen LogP contribution in [-0.2, 0) is 4.79 Å². The monoisotopic (exact) mass is 421 g/mol. The van der Waals surface area contributed by atoms with E-state index < -0.39 is 12.0 Å². The van der Waals surface area contributed by atoms with Crippen molar-refractivity contribution in [1.29, 1.82) is 0 Å². The quantitative estimate of drug-likeness (QED) is 0.321. The Morgan fingerprint density at radius 1 is 1.43 bits per heavy atom. The first-order valence-electron chi connectivity index (χ1n) is 6.33. The molecule has 0 aromatic heterocycles. The van der Waals surface area contributed by atoms with E-state index in [4.69, 9.17) is 5.21 Å². The summed E-state index contributed by atoms with van der Waals surface area (Å²) in [6, 6.07) is 3.38. The number of aliphatic hydroxyl groups excluding tert-OH is 1. The van der Waals surface area contributed by atoms with Gasteiger partial charge in [0.15, 0.2) is 0 Å². The van der Waals surface area contributed by atoms with Gasteiger partial charge in [-0.25, -0.2) is 5.48 Å². The lowest BCUT2D eigenvalue weighted by Crippen LogP contribution is -2.15. The number of carbonyl (C=O) groups excluding carboxylic acids is 1. The molecule has 21 heavy (non-hydrogen) atoms. The maximum absolute atomic E-state index is 10.8. The van der Waals surface area contributed by atoms with Crippen LogP contribution in [-0.4, -0.2) is 21.3 Å². The van der Waals surface area contributed by atoms with Gasteiger partial charge in [-0.1, -0.05) is 28.9 Å². The molecule has 0 saturated heterocycles. The second-order valence-electron chi connectivity index (χ2n) is 4.70. The topological polar surface area (TPSA) is 89.8 Å². The van der Waals surface area contributed by atoms with E-state index in [0.717, 1.165) is 4.47 Å². The van der Waals surface area contributed by atoms with Gasteiger partial charge in [0, 0.05) is 16.1 Å². The first kappa shape index (κ1) is 18.2. The summed E-state index contributed by atoms with van der Waals surface area (Å²) in [5.41, 5.74) is 1.95. The summed E-state index contributed by atoms with van der Waals surface area (Å²) in [5.74, 6) is -0.677. The summed E-state index contributed by atoms with van der Waals surface area (Å²) in [6.45, 7) is 1.86. The molecule has 0 heterocycles. The van der Waals surface area contributed by atoms with Crippen LogP contribution in [0.15, 0.2) is 33.2 Å². The maximum atomic E-state index is 10.8. The average molecular weight is 423 g/mol. The van der Waals surface area contributed by atoms with Crippen LogP contribution in [0.4, 0.5) is 0 Å². The van der Waals surface area contributed by atoms with E-state index in [1.807, 2.05) is 6.92 Å². The third-order valence-corrected chi connectivity index (χ3v) is 4.15. The molecule has 2 atom stereocenters. The van der Waals surface area contributed by atoms with Gasteiger partial charge in [-0.2, -0.15) is 0 Å². The number of aliphatic hydroxyl groups is 1. The Hall–Kier alpha value is -0.890. The molecule has 4 N–H and O–H groups in total. The number of hydrogen-bond donors (Lipinski definition) is 4. The first-order valence-corrected chi connectivity index (χ1v) is 7.92. The molecular weight excluding hydrogens is 406 g/mol. The lowest BCUT2D eigenvalue weighted by atomic mass is 9.93. The molecule has 0 unspecified atom stereocenters. The largest absolute Gasteiger partial charge is 0.506 e. The number of halogens is 2. The molecule has 1 aromatic rings. The van der Waals surface area contributed by atoms with Gasteiger partial charge in [-0.3, -0.25) is 10.0 Å². The zero-order chi connectivity index (χ0) is 16.0. The van der Waals surface area contributed by atoms with E-state index in [-0.39, 0.29) is 11.7 Å². The SMILES string of the molecule is C[C@@H](CC/C=C/C(=O)NO)[C@H](O)c1cc(Br)cc(Br)c1O. The zero-order valence-electron chi connectivity index (χ0n) is 11.4. The van der Waals surface area contributed by atoms with Crippen LogP contribution in [0.3, 0.4) is 0 Å². The van der Waals surface area contributed by atoms with Gasteiger partial charge in [0.2, 0.25) is 0 Å². The smallest absolute Gasteiger partial charge is 0.267 e. The molecule has 0 aliphatic heterocycles. The number of nitrogens with one attached hydrogen (secondary N) is 1. The van der Waals surface area contributed by atoms with Crippen LogP contribution < -0.4 is 5.48 Å². The number of carbonyl (C=O) groups is 1. The standard InChI is InChI=1S/C14H17Br2NO4/c1-8(4-2-3-5-12(18)17-21)13(19)10-6-9(15)7-11(16)14(10)20/h3,5-8,13,19-21H,2,4H2,1H3,(H,17,18)/b5-3+/t8-,13-/m0/s1. The third-order valence-electron chi connectivity index (χ3n) is 3.08. The predicted octanol–water partition coefficient (Wildman–Crippen LogP) is 3.43. The highest BCUT2D eigenvalue weighted by atomic mass is 79.9. The number of phenols is 1. The Morgan fingerprint density at radius 2 is 2.10 bits per heavy atom. The Bertz CT molecular complexity index is 534. The molecule has 0 aliphatic rings. The first-order chi connectivity index (χ1) is 9.86. The Labute approximate surface area is 139 Å². The second-order valence-corrected chi connectivity index (χ2v) is 6.47. The number of phenolic OH excluding ortho intramolecular Hbond substituents is 1. The highest BCUT2D eigenvalue weighted by Gasteiger charge is 2.21. The van der Waals surface area contributed by atoms with Gasteiger partial charge in [0.05, 0.1) is 10.6 Å². The van der Waals surface area contributed by atoms with Crippen molar-refractivity contribution in [3.8, 4) is 5.75 Å². The van der Waals surface area contributed by atoms with Crippen molar-refractivity contribution in [2.75, 3.05) is 0 Å². The summed E-state index contributed by atoms with van der Waals surface area (Å²) >= 11 is 6.55. The van der Waals surface area contributed by atoms with E-state index in [0.29, 0.717) is 22.9 Å². The Balaban J connectivity index is 2.68. The van der Waals surface area contributed by atoms with Crippen LogP contribution in [0.25, 0.3) is 0 Å². The van der Waals surface area contributed by atoms with E-state index >= 15 is 0 Å². The van der Waals surface area contributed by atoms with E-state index in [2.05, 4.69) is 31.9 Å². The number of allylic oxidation sites excluding steroid dienone is 1. The fourth-order valence-corrected chi connectivity index (χ4v) is 3.12. The Morgan fingerprint density at radius 3 is 2.71 bits per heavy atom. The van der Waals surface area contributed by atoms with Gasteiger partial charge in [0.25, 0.3) is 5.91 Å². The fraction of sp³-hybridized carbons (Fsp3) is 0.357.